The first-order chi connectivity index (χ1) is 14.8. The van der Waals surface area contributed by atoms with E-state index in [-0.39, 0.29) is 0 Å². The van der Waals surface area contributed by atoms with Crippen molar-refractivity contribution in [2.45, 2.75) is 38.0 Å². The Hall–Kier alpha value is -3.40. The molecule has 0 aromatic carbocycles. The minimum atomic E-state index is 0.649. The van der Waals surface area contributed by atoms with Gasteiger partial charge in [-0.05, 0) is 91.1 Å². The molecule has 0 saturated heterocycles. The number of aromatic amines is 4. The van der Waals surface area contributed by atoms with Crippen LogP contribution < -0.4 is 21.4 Å². The molecular formula is C26H26N4. The van der Waals surface area contributed by atoms with E-state index >= 15 is 0 Å². The molecule has 0 amide bonds. The van der Waals surface area contributed by atoms with Crippen molar-refractivity contribution in [2.75, 3.05) is 0 Å². The molecule has 6 rings (SSSR count). The van der Waals surface area contributed by atoms with E-state index in [4.69, 9.17) is 0 Å². The zero-order valence-corrected chi connectivity index (χ0v) is 17.0. The van der Waals surface area contributed by atoms with Crippen LogP contribution in [0.2, 0.25) is 0 Å². The second-order valence-electron chi connectivity index (χ2n) is 8.61. The van der Waals surface area contributed by atoms with Crippen LogP contribution in [-0.2, 0) is 0 Å². The highest BCUT2D eigenvalue weighted by Gasteiger charge is 2.17. The average molecular weight is 395 g/mol. The Balaban J connectivity index is 1.58. The second-order valence-corrected chi connectivity index (χ2v) is 8.61. The van der Waals surface area contributed by atoms with Crippen LogP contribution >= 0.6 is 0 Å². The lowest BCUT2D eigenvalue weighted by Crippen LogP contribution is -2.16. The van der Waals surface area contributed by atoms with E-state index in [9.17, 15) is 0 Å². The van der Waals surface area contributed by atoms with Gasteiger partial charge in [-0.2, -0.15) is 0 Å². The molecule has 1 aliphatic heterocycles. The summed E-state index contributed by atoms with van der Waals surface area (Å²) in [6, 6.07) is 15.1. The second kappa shape index (κ2) is 7.13. The minimum Gasteiger partial charge on any atom is -0.355 e. The number of rotatable bonds is 1. The van der Waals surface area contributed by atoms with E-state index in [0.717, 1.165) is 38.8 Å². The SMILES string of the molecule is C1=c2ccc([nH]2)=Cc2ccc([nH]2)C=c2[nH]c(cc2C2CCCCC2)=Cc2ccc1[nH]2. The molecule has 1 fully saturated rings. The third-order valence-electron chi connectivity index (χ3n) is 6.37. The molecule has 1 saturated carbocycles. The number of nitrogens with one attached hydrogen (secondary N) is 4. The fourth-order valence-corrected chi connectivity index (χ4v) is 4.91. The van der Waals surface area contributed by atoms with Gasteiger partial charge in [-0.25, -0.2) is 0 Å². The Labute approximate surface area is 174 Å². The van der Waals surface area contributed by atoms with Crippen LogP contribution in [0, 0.1) is 0 Å². The van der Waals surface area contributed by atoms with Gasteiger partial charge >= 0.3 is 0 Å². The predicted octanol–water partition coefficient (Wildman–Crippen LogP) is 2.68. The standard InChI is InChI=1S/C26H26N4/c1-2-4-17(5-3-1)25-15-24-14-22-9-8-20(28-22)12-18-6-7-19(27-18)13-21-10-11-23(29-21)16-26(25)30-24/h6-17,27-30H,1-5H2. The number of hydrogen-bond donors (Lipinski definition) is 4. The van der Waals surface area contributed by atoms with Crippen molar-refractivity contribution < 1.29 is 0 Å². The molecule has 4 aromatic heterocycles. The quantitative estimate of drug-likeness (QED) is 0.338. The number of fused-ring (bicyclic) bond motifs is 8. The molecule has 150 valence electrons. The molecule has 4 aromatic rings. The van der Waals surface area contributed by atoms with E-state index in [2.05, 4.69) is 86.7 Å². The molecular weight excluding hydrogens is 368 g/mol. The van der Waals surface area contributed by atoms with Gasteiger partial charge in [-0.3, -0.25) is 0 Å². The van der Waals surface area contributed by atoms with Crippen molar-refractivity contribution >= 4 is 24.3 Å². The van der Waals surface area contributed by atoms with Crippen LogP contribution in [0.3, 0.4) is 0 Å². The maximum atomic E-state index is 3.68. The average Bonchev–Trinajstić information content (AvgIpc) is 3.53. The van der Waals surface area contributed by atoms with Gasteiger partial charge in [0.1, 0.15) is 0 Å². The van der Waals surface area contributed by atoms with Crippen LogP contribution in [0.4, 0.5) is 0 Å². The molecule has 0 spiro atoms. The van der Waals surface area contributed by atoms with Crippen molar-refractivity contribution in [1.29, 1.82) is 0 Å². The van der Waals surface area contributed by atoms with Gasteiger partial charge in [0.25, 0.3) is 0 Å². The Kier molecular flexibility index (Phi) is 4.15. The fourth-order valence-electron chi connectivity index (χ4n) is 4.91. The summed E-state index contributed by atoms with van der Waals surface area (Å²) in [7, 11) is 0. The summed E-state index contributed by atoms with van der Waals surface area (Å²) in [4.78, 5) is 14.2. The van der Waals surface area contributed by atoms with Crippen LogP contribution in [-0.4, -0.2) is 19.9 Å². The van der Waals surface area contributed by atoms with E-state index in [1.54, 1.807) is 0 Å². The van der Waals surface area contributed by atoms with Crippen molar-refractivity contribution in [3.05, 3.63) is 92.2 Å². The number of aromatic nitrogens is 4. The highest BCUT2D eigenvalue weighted by molar-refractivity contribution is 5.55. The number of hydrogen-bond acceptors (Lipinski definition) is 0. The van der Waals surface area contributed by atoms with E-state index in [1.807, 2.05) is 0 Å². The fraction of sp³-hybridized carbons (Fsp3) is 0.231. The highest BCUT2D eigenvalue weighted by atomic mass is 14.8. The maximum Gasteiger partial charge on any atom is 0.0441 e. The lowest BCUT2D eigenvalue weighted by atomic mass is 9.84. The molecule has 0 radical (unpaired) electrons. The van der Waals surface area contributed by atoms with Crippen molar-refractivity contribution in [3.63, 3.8) is 0 Å². The largest absolute Gasteiger partial charge is 0.355 e. The van der Waals surface area contributed by atoms with Crippen LogP contribution in [0.25, 0.3) is 24.3 Å². The summed E-state index contributed by atoms with van der Waals surface area (Å²) in [5.41, 5.74) is 5.88. The minimum absolute atomic E-state index is 0.649. The maximum absolute atomic E-state index is 3.68. The van der Waals surface area contributed by atoms with Gasteiger partial charge in [0.15, 0.2) is 0 Å². The van der Waals surface area contributed by atoms with Crippen molar-refractivity contribution in [3.8, 4) is 0 Å². The molecule has 4 nitrogen and oxygen atoms in total. The molecule has 30 heavy (non-hydrogen) atoms. The van der Waals surface area contributed by atoms with Crippen molar-refractivity contribution in [2.24, 2.45) is 0 Å². The van der Waals surface area contributed by atoms with Crippen LogP contribution in [0.15, 0.2) is 42.5 Å². The summed E-state index contributed by atoms with van der Waals surface area (Å²) in [5.74, 6) is 0.649. The smallest absolute Gasteiger partial charge is 0.0441 e. The third-order valence-corrected chi connectivity index (χ3v) is 6.37. The first-order valence-corrected chi connectivity index (χ1v) is 11.0. The Morgan fingerprint density at radius 2 is 1.10 bits per heavy atom. The Morgan fingerprint density at radius 3 is 1.73 bits per heavy atom. The lowest BCUT2D eigenvalue weighted by molar-refractivity contribution is 0.442. The van der Waals surface area contributed by atoms with Gasteiger partial charge in [0, 0.05) is 44.2 Å². The van der Waals surface area contributed by atoms with Crippen molar-refractivity contribution in [1.82, 2.24) is 19.9 Å². The molecule has 8 bridgehead atoms. The predicted molar refractivity (Wildman–Crippen MR) is 122 cm³/mol. The summed E-state index contributed by atoms with van der Waals surface area (Å²) in [6.45, 7) is 0. The first kappa shape index (κ1) is 17.5. The van der Waals surface area contributed by atoms with Gasteiger partial charge in [-0.15, -0.1) is 0 Å². The third kappa shape index (κ3) is 3.39. The van der Waals surface area contributed by atoms with Crippen LogP contribution in [0.1, 0.15) is 66.4 Å². The monoisotopic (exact) mass is 394 g/mol. The van der Waals surface area contributed by atoms with Gasteiger partial charge in [0.05, 0.1) is 0 Å². The van der Waals surface area contributed by atoms with Gasteiger partial charge < -0.3 is 19.9 Å². The zero-order valence-electron chi connectivity index (χ0n) is 17.0. The molecule has 4 heteroatoms. The van der Waals surface area contributed by atoms with Gasteiger partial charge in [0.2, 0.25) is 0 Å². The molecule has 4 N–H and O–H groups in total. The number of H-pyrrole nitrogens is 4. The van der Waals surface area contributed by atoms with E-state index in [1.165, 1.54) is 43.0 Å². The lowest BCUT2D eigenvalue weighted by Gasteiger charge is -2.20. The summed E-state index contributed by atoms with van der Waals surface area (Å²) in [6.07, 6.45) is 15.4. The summed E-state index contributed by atoms with van der Waals surface area (Å²) < 4.78 is 0. The van der Waals surface area contributed by atoms with E-state index in [0.29, 0.717) is 5.92 Å². The normalized spacial score (nSPS) is 16.3. The summed E-state index contributed by atoms with van der Waals surface area (Å²) >= 11 is 0. The highest BCUT2D eigenvalue weighted by Crippen LogP contribution is 2.30. The van der Waals surface area contributed by atoms with Gasteiger partial charge in [-0.1, -0.05) is 19.3 Å². The van der Waals surface area contributed by atoms with E-state index < -0.39 is 0 Å². The Morgan fingerprint density at radius 1 is 0.533 bits per heavy atom. The molecule has 2 aliphatic rings. The molecule has 1 aliphatic carbocycles. The van der Waals surface area contributed by atoms with Crippen LogP contribution in [0.5, 0.6) is 0 Å². The molecule has 0 unspecified atom stereocenters. The Bertz CT molecular complexity index is 1430. The summed E-state index contributed by atoms with van der Waals surface area (Å²) in [5, 5.41) is 4.56. The topological polar surface area (TPSA) is 63.2 Å². The zero-order chi connectivity index (χ0) is 19.9. The molecule has 5 heterocycles. The first-order valence-electron chi connectivity index (χ1n) is 11.0. The molecule has 0 atom stereocenters.